The van der Waals surface area contributed by atoms with Crippen LogP contribution in [0.5, 0.6) is 5.75 Å². The van der Waals surface area contributed by atoms with Gasteiger partial charge >= 0.3 is 5.97 Å². The number of benzene rings is 2. The number of nitrogens with zero attached hydrogens (tertiary/aromatic N) is 1. The SMILES string of the molecule is CC(=O)Oc1ccc(Br)cc1/C=N\NC(=O)c1cccc(C)c1. The zero-order valence-electron chi connectivity index (χ0n) is 12.7. The molecule has 0 saturated heterocycles. The van der Waals surface area contributed by atoms with Crippen LogP contribution in [0.15, 0.2) is 52.0 Å². The van der Waals surface area contributed by atoms with Gasteiger partial charge in [0.05, 0.1) is 6.21 Å². The number of carbonyl (C=O) groups excluding carboxylic acids is 2. The summed E-state index contributed by atoms with van der Waals surface area (Å²) in [5.74, 6) is -0.367. The molecular weight excluding hydrogens is 360 g/mol. The van der Waals surface area contributed by atoms with E-state index < -0.39 is 5.97 Å². The maximum atomic E-state index is 12.0. The Bertz CT molecular complexity index is 772. The summed E-state index contributed by atoms with van der Waals surface area (Å²) < 4.78 is 5.90. The molecule has 2 aromatic carbocycles. The van der Waals surface area contributed by atoms with Gasteiger partial charge in [-0.3, -0.25) is 9.59 Å². The van der Waals surface area contributed by atoms with Gasteiger partial charge in [-0.1, -0.05) is 33.6 Å². The quantitative estimate of drug-likeness (QED) is 0.385. The van der Waals surface area contributed by atoms with Crippen LogP contribution >= 0.6 is 15.9 Å². The number of hydrogen-bond acceptors (Lipinski definition) is 4. The minimum Gasteiger partial charge on any atom is -0.426 e. The Morgan fingerprint density at radius 2 is 2.00 bits per heavy atom. The van der Waals surface area contributed by atoms with E-state index in [9.17, 15) is 9.59 Å². The number of nitrogens with one attached hydrogen (secondary N) is 1. The van der Waals surface area contributed by atoms with Gasteiger partial charge in [-0.2, -0.15) is 5.10 Å². The number of halogens is 1. The summed E-state index contributed by atoms with van der Waals surface area (Å²) in [5, 5.41) is 3.92. The molecule has 0 aliphatic heterocycles. The summed E-state index contributed by atoms with van der Waals surface area (Å²) >= 11 is 3.34. The van der Waals surface area contributed by atoms with Crippen molar-refractivity contribution in [1.29, 1.82) is 0 Å². The van der Waals surface area contributed by atoms with Gasteiger partial charge in [0, 0.05) is 22.5 Å². The van der Waals surface area contributed by atoms with Crippen LogP contribution in [0.2, 0.25) is 0 Å². The Morgan fingerprint density at radius 1 is 1.22 bits per heavy atom. The Labute approximate surface area is 142 Å². The van der Waals surface area contributed by atoms with Crippen LogP contribution < -0.4 is 10.2 Å². The maximum Gasteiger partial charge on any atom is 0.308 e. The molecule has 0 fully saturated rings. The summed E-state index contributed by atoms with van der Waals surface area (Å²) in [6, 6.07) is 12.3. The molecule has 0 saturated carbocycles. The van der Waals surface area contributed by atoms with Crippen molar-refractivity contribution in [2.45, 2.75) is 13.8 Å². The molecule has 1 N–H and O–H groups in total. The van der Waals surface area contributed by atoms with Crippen molar-refractivity contribution in [2.75, 3.05) is 0 Å². The van der Waals surface area contributed by atoms with Crippen LogP contribution in [0.4, 0.5) is 0 Å². The van der Waals surface area contributed by atoms with Gasteiger partial charge in [0.15, 0.2) is 0 Å². The van der Waals surface area contributed by atoms with Crippen molar-refractivity contribution in [3.05, 3.63) is 63.6 Å². The van der Waals surface area contributed by atoms with Crippen molar-refractivity contribution in [3.8, 4) is 5.75 Å². The Kier molecular flexibility index (Phi) is 5.65. The zero-order valence-corrected chi connectivity index (χ0v) is 14.3. The third kappa shape index (κ3) is 5.03. The fourth-order valence-electron chi connectivity index (χ4n) is 1.88. The molecule has 23 heavy (non-hydrogen) atoms. The number of hydrogen-bond donors (Lipinski definition) is 1. The first-order chi connectivity index (χ1) is 11.0. The van der Waals surface area contributed by atoms with Gasteiger partial charge in [0.1, 0.15) is 5.75 Å². The first-order valence-corrected chi connectivity index (χ1v) is 7.63. The number of ether oxygens (including phenoxy) is 1. The molecule has 0 unspecified atom stereocenters. The molecule has 2 rings (SSSR count). The Morgan fingerprint density at radius 3 is 2.70 bits per heavy atom. The number of hydrazone groups is 1. The van der Waals surface area contributed by atoms with E-state index in [4.69, 9.17) is 4.74 Å². The highest BCUT2D eigenvalue weighted by atomic mass is 79.9. The minimum atomic E-state index is -0.425. The molecule has 0 aliphatic carbocycles. The predicted octanol–water partition coefficient (Wildman–Crippen LogP) is 3.45. The van der Waals surface area contributed by atoms with E-state index in [0.717, 1.165) is 10.0 Å². The smallest absolute Gasteiger partial charge is 0.308 e. The lowest BCUT2D eigenvalue weighted by molar-refractivity contribution is -0.131. The molecule has 1 amide bonds. The first kappa shape index (κ1) is 16.9. The molecule has 5 nitrogen and oxygen atoms in total. The van der Waals surface area contributed by atoms with Gasteiger partial charge in [0.25, 0.3) is 5.91 Å². The van der Waals surface area contributed by atoms with Crippen LogP contribution in [0.25, 0.3) is 0 Å². The summed E-state index contributed by atoms with van der Waals surface area (Å²) in [7, 11) is 0. The number of rotatable bonds is 4. The Hall–Kier alpha value is -2.47. The minimum absolute atomic E-state index is 0.311. The zero-order chi connectivity index (χ0) is 16.8. The fraction of sp³-hybridized carbons (Fsp3) is 0.118. The lowest BCUT2D eigenvalue weighted by atomic mass is 10.1. The molecule has 0 heterocycles. The standard InChI is InChI=1S/C17H15BrN2O3/c1-11-4-3-5-13(8-11)17(22)20-19-10-14-9-15(18)6-7-16(14)23-12(2)21/h3-10H,1-2H3,(H,20,22)/b19-10-. The summed E-state index contributed by atoms with van der Waals surface area (Å²) in [5.41, 5.74) is 4.53. The summed E-state index contributed by atoms with van der Waals surface area (Å²) in [6.07, 6.45) is 1.43. The second kappa shape index (κ2) is 7.69. The summed E-state index contributed by atoms with van der Waals surface area (Å²) in [4.78, 5) is 23.1. The van der Waals surface area contributed by atoms with Gasteiger partial charge in [0.2, 0.25) is 0 Å². The summed E-state index contributed by atoms with van der Waals surface area (Å²) in [6.45, 7) is 3.23. The van der Waals surface area contributed by atoms with E-state index in [1.807, 2.05) is 13.0 Å². The van der Waals surface area contributed by atoms with E-state index in [-0.39, 0.29) is 5.91 Å². The molecule has 0 atom stereocenters. The second-order valence-electron chi connectivity index (χ2n) is 4.84. The van der Waals surface area contributed by atoms with Crippen molar-refractivity contribution < 1.29 is 14.3 Å². The molecule has 0 spiro atoms. The second-order valence-corrected chi connectivity index (χ2v) is 5.76. The van der Waals surface area contributed by atoms with Crippen molar-refractivity contribution >= 4 is 34.0 Å². The van der Waals surface area contributed by atoms with Crippen molar-refractivity contribution in [2.24, 2.45) is 5.10 Å². The maximum absolute atomic E-state index is 12.0. The average molecular weight is 375 g/mol. The highest BCUT2D eigenvalue weighted by molar-refractivity contribution is 9.10. The number of aryl methyl sites for hydroxylation is 1. The van der Waals surface area contributed by atoms with Crippen LogP contribution in [-0.2, 0) is 4.79 Å². The first-order valence-electron chi connectivity index (χ1n) is 6.84. The van der Waals surface area contributed by atoms with Gasteiger partial charge in [-0.15, -0.1) is 0 Å². The van der Waals surface area contributed by atoms with E-state index in [2.05, 4.69) is 26.5 Å². The van der Waals surface area contributed by atoms with Crippen LogP contribution in [0, 0.1) is 6.92 Å². The lowest BCUT2D eigenvalue weighted by Gasteiger charge is -2.06. The number of carbonyl (C=O) groups is 2. The largest absolute Gasteiger partial charge is 0.426 e. The number of esters is 1. The van der Waals surface area contributed by atoms with E-state index in [0.29, 0.717) is 16.9 Å². The molecule has 0 aromatic heterocycles. The van der Waals surface area contributed by atoms with Gasteiger partial charge in [-0.25, -0.2) is 5.43 Å². The van der Waals surface area contributed by atoms with Gasteiger partial charge in [-0.05, 0) is 37.3 Å². The monoisotopic (exact) mass is 374 g/mol. The fourth-order valence-corrected chi connectivity index (χ4v) is 2.26. The molecular formula is C17H15BrN2O3. The lowest BCUT2D eigenvalue weighted by Crippen LogP contribution is -2.17. The van der Waals surface area contributed by atoms with Crippen molar-refractivity contribution in [1.82, 2.24) is 5.43 Å². The molecule has 0 radical (unpaired) electrons. The van der Waals surface area contributed by atoms with Crippen LogP contribution in [0.3, 0.4) is 0 Å². The number of amides is 1. The molecule has 2 aromatic rings. The van der Waals surface area contributed by atoms with Crippen LogP contribution in [0.1, 0.15) is 28.4 Å². The third-order valence-corrected chi connectivity index (χ3v) is 3.37. The third-order valence-electron chi connectivity index (χ3n) is 2.88. The highest BCUT2D eigenvalue weighted by Crippen LogP contribution is 2.21. The normalized spacial score (nSPS) is 10.6. The van der Waals surface area contributed by atoms with E-state index >= 15 is 0 Å². The molecule has 6 heteroatoms. The van der Waals surface area contributed by atoms with Gasteiger partial charge < -0.3 is 4.74 Å². The van der Waals surface area contributed by atoms with E-state index in [1.54, 1.807) is 36.4 Å². The molecule has 0 bridgehead atoms. The predicted molar refractivity (Wildman–Crippen MR) is 91.7 cm³/mol. The molecule has 118 valence electrons. The topological polar surface area (TPSA) is 67.8 Å². The average Bonchev–Trinajstić information content (AvgIpc) is 2.49. The van der Waals surface area contributed by atoms with Crippen LogP contribution in [-0.4, -0.2) is 18.1 Å². The Balaban J connectivity index is 2.12. The highest BCUT2D eigenvalue weighted by Gasteiger charge is 2.06. The van der Waals surface area contributed by atoms with Crippen molar-refractivity contribution in [3.63, 3.8) is 0 Å². The van der Waals surface area contributed by atoms with E-state index in [1.165, 1.54) is 13.1 Å². The molecule has 0 aliphatic rings.